The number of fused-ring (bicyclic) bond motifs is 8. The summed E-state index contributed by atoms with van der Waals surface area (Å²) < 4.78 is 0. The van der Waals surface area contributed by atoms with Gasteiger partial charge >= 0.3 is 0 Å². The first-order valence-corrected chi connectivity index (χ1v) is 28.7. The number of hydrogen-bond acceptors (Lipinski definition) is 3. The van der Waals surface area contributed by atoms with Crippen LogP contribution in [0.4, 0.5) is 28.4 Å². The van der Waals surface area contributed by atoms with Crippen LogP contribution in [0.15, 0.2) is 95.4 Å². The van der Waals surface area contributed by atoms with E-state index in [4.69, 9.17) is 0 Å². The van der Waals surface area contributed by atoms with Gasteiger partial charge in [-0.05, 0) is 205 Å². The maximum atomic E-state index is 2.88. The lowest BCUT2D eigenvalue weighted by molar-refractivity contribution is 0.0926. The highest BCUT2D eigenvalue weighted by atomic mass is 32.2. The molecule has 4 heteroatoms. The summed E-state index contributed by atoms with van der Waals surface area (Å²) >= 11 is 2.26. The van der Waals surface area contributed by atoms with Crippen LogP contribution in [0.1, 0.15) is 201 Å². The van der Waals surface area contributed by atoms with Crippen LogP contribution in [0.5, 0.6) is 0 Å². The van der Waals surface area contributed by atoms with Gasteiger partial charge in [-0.1, -0.05) is 159 Å². The van der Waals surface area contributed by atoms with Gasteiger partial charge in [-0.25, -0.2) is 0 Å². The number of allylic oxidation sites excluding steroid dienone is 1. The predicted octanol–water partition coefficient (Wildman–Crippen LogP) is 17.6. The first-order chi connectivity index (χ1) is 33.0. The summed E-state index contributed by atoms with van der Waals surface area (Å²) in [5.41, 5.74) is 25.6. The van der Waals surface area contributed by atoms with Crippen LogP contribution in [-0.4, -0.2) is 12.0 Å². The molecule has 2 unspecified atom stereocenters. The molecule has 71 heavy (non-hydrogen) atoms. The number of nitrogens with zero attached hydrogens (tertiary/aromatic N) is 2. The lowest BCUT2D eigenvalue weighted by atomic mass is 9.29. The van der Waals surface area contributed by atoms with Gasteiger partial charge in [-0.3, -0.25) is 0 Å². The number of hydrogen-bond donors (Lipinski definition) is 0. The van der Waals surface area contributed by atoms with Crippen molar-refractivity contribution in [3.63, 3.8) is 0 Å². The number of rotatable bonds is 3. The largest absolute Gasteiger partial charge is 0.311 e. The second-order valence-corrected chi connectivity index (χ2v) is 30.5. The van der Waals surface area contributed by atoms with Gasteiger partial charge in [-0.15, -0.1) is 11.8 Å². The Morgan fingerprint density at radius 2 is 0.930 bits per heavy atom. The minimum absolute atomic E-state index is 0.0569. The Balaban J connectivity index is 1.23. The second-order valence-electron chi connectivity index (χ2n) is 29.3. The van der Waals surface area contributed by atoms with E-state index < -0.39 is 0 Å². The number of thioether (sulfide) groups is 1. The number of aryl methyl sites for hydroxylation is 1. The zero-order valence-electron chi connectivity index (χ0n) is 46.8. The summed E-state index contributed by atoms with van der Waals surface area (Å²) in [6.45, 7) is 43.1. The molecule has 0 N–H and O–H groups in total. The van der Waals surface area contributed by atoms with Gasteiger partial charge in [0.2, 0.25) is 6.71 Å². The standard InChI is InChI=1S/C67H83BN2S/c1-40-33-53-56-54(34-40)70(51-38-48-46(62(6,7)27-29-64(48,10)11)36-43(51)41-21-19-18-20-22-41)59-57(55-58(71-59)67(16,17)32-31-66(55,14)15)68(56)50-37-47-49(65(12,13)30-28-63(47,8)9)39-52(50)69(53)42-23-24-44-45(35-42)61(4,5)26-25-60(44,2)3/h18-24,33-39,55,58H,25-32H2,1-17H3. The minimum Gasteiger partial charge on any atom is -0.311 e. The summed E-state index contributed by atoms with van der Waals surface area (Å²) in [6.07, 6.45) is 9.68. The summed E-state index contributed by atoms with van der Waals surface area (Å²) in [5, 5.41) is 1.98. The van der Waals surface area contributed by atoms with E-state index in [2.05, 4.69) is 224 Å². The third-order valence-corrected chi connectivity index (χ3v) is 22.5. The van der Waals surface area contributed by atoms with E-state index in [9.17, 15) is 0 Å². The Bertz CT molecular complexity index is 3120. The Morgan fingerprint density at radius 3 is 1.51 bits per heavy atom. The Labute approximate surface area is 434 Å². The van der Waals surface area contributed by atoms with E-state index in [1.165, 1.54) is 135 Å². The van der Waals surface area contributed by atoms with Gasteiger partial charge < -0.3 is 9.80 Å². The first-order valence-electron chi connectivity index (χ1n) is 27.8. The third-order valence-electron chi connectivity index (χ3n) is 20.7. The number of benzene rings is 5. The van der Waals surface area contributed by atoms with Crippen molar-refractivity contribution >= 4 is 57.8 Å². The van der Waals surface area contributed by atoms with Crippen molar-refractivity contribution in [2.24, 2.45) is 16.7 Å². The average Bonchev–Trinajstić information content (AvgIpc) is 3.73. The molecular formula is C67H83BN2S. The van der Waals surface area contributed by atoms with Crippen LogP contribution in [-0.2, 0) is 32.5 Å². The first kappa shape index (κ1) is 47.8. The van der Waals surface area contributed by atoms with Crippen molar-refractivity contribution in [3.05, 3.63) is 134 Å². The molecule has 2 nitrogen and oxygen atoms in total. The smallest absolute Gasteiger partial charge is 0.248 e. The average molecular weight is 959 g/mol. The molecule has 12 rings (SSSR count). The highest BCUT2D eigenvalue weighted by Crippen LogP contribution is 2.66. The predicted molar refractivity (Wildman–Crippen MR) is 309 cm³/mol. The van der Waals surface area contributed by atoms with Gasteiger partial charge in [0.1, 0.15) is 0 Å². The zero-order valence-corrected chi connectivity index (χ0v) is 47.6. The molecule has 0 bridgehead atoms. The lowest BCUT2D eigenvalue weighted by Gasteiger charge is -2.52. The summed E-state index contributed by atoms with van der Waals surface area (Å²) in [6, 6.07) is 35.2. The molecule has 1 saturated carbocycles. The Morgan fingerprint density at radius 1 is 0.451 bits per heavy atom. The van der Waals surface area contributed by atoms with Crippen molar-refractivity contribution in [2.75, 3.05) is 9.80 Å². The molecule has 0 aromatic heterocycles. The van der Waals surface area contributed by atoms with Gasteiger partial charge in [-0.2, -0.15) is 0 Å². The highest BCUT2D eigenvalue weighted by Gasteiger charge is 2.60. The monoisotopic (exact) mass is 959 g/mol. The molecule has 3 aliphatic heterocycles. The minimum atomic E-state index is 0.0569. The lowest BCUT2D eigenvalue weighted by Crippen LogP contribution is -2.59. The third kappa shape index (κ3) is 6.93. The van der Waals surface area contributed by atoms with E-state index >= 15 is 0 Å². The van der Waals surface area contributed by atoms with Crippen molar-refractivity contribution in [1.29, 1.82) is 0 Å². The van der Waals surface area contributed by atoms with Gasteiger partial charge in [0, 0.05) is 33.6 Å². The molecule has 7 aliphatic rings. The molecule has 370 valence electrons. The fraction of sp³-hybridized carbons (Fsp3) is 0.522. The molecule has 1 fully saturated rings. The highest BCUT2D eigenvalue weighted by molar-refractivity contribution is 8.04. The van der Waals surface area contributed by atoms with Gasteiger partial charge in [0.15, 0.2) is 0 Å². The molecule has 0 amide bonds. The molecule has 0 saturated heterocycles. The van der Waals surface area contributed by atoms with Crippen molar-refractivity contribution < 1.29 is 0 Å². The SMILES string of the molecule is Cc1cc2c3c(c1)N(c1ccc4c(c1)C(C)(C)CCC4(C)C)c1cc4c(cc1B3C1=C(SC3C1C(C)(C)CCC3(C)C)N2c1cc2c(cc1-c1ccccc1)C(C)(C)CCC2(C)C)C(C)(C)CCC4(C)C. The second kappa shape index (κ2) is 15.0. The van der Waals surface area contributed by atoms with Crippen LogP contribution in [0, 0.1) is 23.7 Å². The van der Waals surface area contributed by atoms with E-state index in [1.54, 1.807) is 16.6 Å². The van der Waals surface area contributed by atoms with E-state index in [0.717, 1.165) is 0 Å². The number of anilines is 5. The van der Waals surface area contributed by atoms with Crippen LogP contribution >= 0.6 is 11.8 Å². The van der Waals surface area contributed by atoms with Crippen molar-refractivity contribution in [3.8, 4) is 11.1 Å². The van der Waals surface area contributed by atoms with E-state index in [0.29, 0.717) is 11.2 Å². The topological polar surface area (TPSA) is 6.48 Å². The maximum absolute atomic E-state index is 2.88. The summed E-state index contributed by atoms with van der Waals surface area (Å²) in [4.78, 5) is 5.66. The molecule has 3 heterocycles. The molecular weight excluding hydrogens is 876 g/mol. The maximum Gasteiger partial charge on any atom is 0.248 e. The molecule has 5 aromatic carbocycles. The normalized spacial score (nSPS) is 25.8. The Kier molecular flexibility index (Phi) is 10.1. The fourth-order valence-corrected chi connectivity index (χ4v) is 17.5. The molecule has 2 atom stereocenters. The summed E-state index contributed by atoms with van der Waals surface area (Å²) in [7, 11) is 0. The van der Waals surface area contributed by atoms with Crippen LogP contribution < -0.4 is 20.7 Å². The zero-order chi connectivity index (χ0) is 50.5. The Hall–Kier alpha value is -4.15. The van der Waals surface area contributed by atoms with Crippen molar-refractivity contribution in [2.45, 2.75) is 207 Å². The van der Waals surface area contributed by atoms with E-state index in [1.807, 2.05) is 0 Å². The fourth-order valence-electron chi connectivity index (χ4n) is 15.5. The molecule has 4 aliphatic carbocycles. The molecule has 5 aromatic rings. The van der Waals surface area contributed by atoms with Crippen LogP contribution in [0.3, 0.4) is 0 Å². The molecule has 0 spiro atoms. The summed E-state index contributed by atoms with van der Waals surface area (Å²) in [5.74, 6) is 0.417. The van der Waals surface area contributed by atoms with Crippen LogP contribution in [0.2, 0.25) is 0 Å². The van der Waals surface area contributed by atoms with Gasteiger partial charge in [0.05, 0.1) is 10.7 Å². The van der Waals surface area contributed by atoms with Crippen LogP contribution in [0.25, 0.3) is 11.1 Å². The van der Waals surface area contributed by atoms with Gasteiger partial charge in [0.25, 0.3) is 0 Å². The van der Waals surface area contributed by atoms with Crippen molar-refractivity contribution in [1.82, 2.24) is 0 Å². The molecule has 0 radical (unpaired) electrons. The van der Waals surface area contributed by atoms with E-state index in [-0.39, 0.29) is 50.0 Å². The quantitative estimate of drug-likeness (QED) is 0.166.